The molecule has 0 aliphatic carbocycles. The van der Waals surface area contributed by atoms with E-state index < -0.39 is 0 Å². The number of aromatic nitrogens is 2. The summed E-state index contributed by atoms with van der Waals surface area (Å²) in [5.74, 6) is 0. The van der Waals surface area contributed by atoms with E-state index in [2.05, 4.69) is 46.6 Å². The topological polar surface area (TPSA) is 62.2 Å². The van der Waals surface area contributed by atoms with Gasteiger partial charge in [0, 0.05) is 25.5 Å². The van der Waals surface area contributed by atoms with Crippen LogP contribution >= 0.6 is 0 Å². The third kappa shape index (κ3) is 5.68. The molecule has 1 atom stereocenters. The molecule has 2 N–H and O–H groups in total. The van der Waals surface area contributed by atoms with Crippen LogP contribution in [0.2, 0.25) is 0 Å². The van der Waals surface area contributed by atoms with Crippen LogP contribution in [0.25, 0.3) is 5.69 Å². The van der Waals surface area contributed by atoms with Crippen LogP contribution in [0.5, 0.6) is 0 Å². The van der Waals surface area contributed by atoms with Crippen molar-refractivity contribution in [1.29, 1.82) is 0 Å². The Bertz CT molecular complexity index is 875. The number of nitrogens with zero attached hydrogens (tertiary/aromatic N) is 3. The fraction of sp³-hybridized carbons (Fsp3) is 0.304. The molecule has 0 radical (unpaired) electrons. The van der Waals surface area contributed by atoms with E-state index in [1.54, 1.807) is 10.9 Å². The van der Waals surface area contributed by atoms with Gasteiger partial charge in [0.15, 0.2) is 0 Å². The van der Waals surface area contributed by atoms with Gasteiger partial charge in [-0.05, 0) is 42.4 Å². The van der Waals surface area contributed by atoms with Gasteiger partial charge in [0.25, 0.3) is 0 Å². The maximum Gasteiger partial charge on any atom is 0.315 e. The van der Waals surface area contributed by atoms with E-state index in [9.17, 15) is 4.79 Å². The van der Waals surface area contributed by atoms with Gasteiger partial charge < -0.3 is 10.6 Å². The molecule has 6 nitrogen and oxygen atoms in total. The molecule has 0 aliphatic rings. The van der Waals surface area contributed by atoms with Crippen LogP contribution < -0.4 is 10.6 Å². The van der Waals surface area contributed by atoms with E-state index in [0.717, 1.165) is 24.3 Å². The van der Waals surface area contributed by atoms with Crippen molar-refractivity contribution in [3.8, 4) is 5.69 Å². The normalized spacial score (nSPS) is 12.0. The molecular weight excluding hydrogens is 362 g/mol. The summed E-state index contributed by atoms with van der Waals surface area (Å²) in [7, 11) is 0. The summed E-state index contributed by atoms with van der Waals surface area (Å²) in [6.45, 7) is 7.17. The molecule has 6 heteroatoms. The molecule has 1 aromatic heterocycles. The van der Waals surface area contributed by atoms with Gasteiger partial charge in [0.05, 0.1) is 11.7 Å². The summed E-state index contributed by atoms with van der Waals surface area (Å²) in [5.41, 5.74) is 3.21. The first-order valence-corrected chi connectivity index (χ1v) is 10.1. The highest BCUT2D eigenvalue weighted by Crippen LogP contribution is 2.19. The van der Waals surface area contributed by atoms with Crippen molar-refractivity contribution in [3.05, 3.63) is 84.2 Å². The predicted molar refractivity (Wildman–Crippen MR) is 116 cm³/mol. The molecule has 2 aromatic carbocycles. The molecule has 0 saturated carbocycles. The van der Waals surface area contributed by atoms with Crippen LogP contribution in [-0.4, -0.2) is 40.3 Å². The Morgan fingerprint density at radius 2 is 1.83 bits per heavy atom. The van der Waals surface area contributed by atoms with Crippen LogP contribution in [-0.2, 0) is 6.54 Å². The van der Waals surface area contributed by atoms with Crippen molar-refractivity contribution < 1.29 is 4.79 Å². The van der Waals surface area contributed by atoms with Crippen molar-refractivity contribution >= 4 is 6.03 Å². The van der Waals surface area contributed by atoms with Gasteiger partial charge in [0.2, 0.25) is 0 Å². The number of nitrogens with one attached hydrogen (secondary N) is 2. The molecule has 0 spiro atoms. The molecule has 0 aliphatic heterocycles. The zero-order valence-electron chi connectivity index (χ0n) is 17.1. The number of carbonyl (C=O) groups is 1. The Hall–Kier alpha value is -3.12. The van der Waals surface area contributed by atoms with Crippen LogP contribution in [0, 0.1) is 0 Å². The molecule has 1 unspecified atom stereocenters. The summed E-state index contributed by atoms with van der Waals surface area (Å²) in [4.78, 5) is 14.8. The molecule has 3 aromatic rings. The smallest absolute Gasteiger partial charge is 0.315 e. The Labute approximate surface area is 172 Å². The van der Waals surface area contributed by atoms with Crippen molar-refractivity contribution in [3.63, 3.8) is 0 Å². The Balaban J connectivity index is 1.56. The fourth-order valence-corrected chi connectivity index (χ4v) is 3.46. The minimum atomic E-state index is -0.164. The van der Waals surface area contributed by atoms with Gasteiger partial charge in [-0.3, -0.25) is 4.90 Å². The second-order valence-electron chi connectivity index (χ2n) is 6.83. The SMILES string of the molecule is CCN(CC)C(CNC(=O)NCc1cccc(-n2cccn2)c1)c1ccccc1. The quantitative estimate of drug-likeness (QED) is 0.584. The Morgan fingerprint density at radius 1 is 1.03 bits per heavy atom. The van der Waals surface area contributed by atoms with E-state index in [-0.39, 0.29) is 12.1 Å². The van der Waals surface area contributed by atoms with Crippen LogP contribution in [0.3, 0.4) is 0 Å². The Morgan fingerprint density at radius 3 is 2.52 bits per heavy atom. The highest BCUT2D eigenvalue weighted by atomic mass is 16.2. The molecule has 29 heavy (non-hydrogen) atoms. The lowest BCUT2D eigenvalue weighted by Gasteiger charge is -2.30. The second kappa shape index (κ2) is 10.4. The average Bonchev–Trinajstić information content (AvgIpc) is 3.31. The monoisotopic (exact) mass is 391 g/mol. The van der Waals surface area contributed by atoms with Crippen molar-refractivity contribution in [2.45, 2.75) is 26.4 Å². The highest BCUT2D eigenvalue weighted by Gasteiger charge is 2.18. The summed E-state index contributed by atoms with van der Waals surface area (Å²) in [5, 5.41) is 10.2. The third-order valence-corrected chi connectivity index (χ3v) is 5.03. The zero-order valence-corrected chi connectivity index (χ0v) is 17.1. The molecule has 0 fully saturated rings. The first-order chi connectivity index (χ1) is 14.2. The largest absolute Gasteiger partial charge is 0.336 e. The lowest BCUT2D eigenvalue weighted by atomic mass is 10.1. The summed E-state index contributed by atoms with van der Waals surface area (Å²) in [6.07, 6.45) is 3.65. The minimum absolute atomic E-state index is 0.153. The first-order valence-electron chi connectivity index (χ1n) is 10.1. The maximum atomic E-state index is 12.4. The first kappa shape index (κ1) is 20.6. The lowest BCUT2D eigenvalue weighted by Crippen LogP contribution is -2.42. The number of rotatable bonds is 9. The van der Waals surface area contributed by atoms with E-state index in [0.29, 0.717) is 13.1 Å². The van der Waals surface area contributed by atoms with Crippen LogP contribution in [0.15, 0.2) is 73.1 Å². The van der Waals surface area contributed by atoms with Crippen LogP contribution in [0.1, 0.15) is 31.0 Å². The lowest BCUT2D eigenvalue weighted by molar-refractivity contribution is 0.206. The Kier molecular flexibility index (Phi) is 7.41. The molecule has 0 saturated heterocycles. The van der Waals surface area contributed by atoms with Crippen LogP contribution in [0.4, 0.5) is 4.79 Å². The number of urea groups is 1. The predicted octanol–water partition coefficient (Wildman–Crippen LogP) is 3.75. The number of amides is 2. The van der Waals surface area contributed by atoms with Gasteiger partial charge in [-0.2, -0.15) is 5.10 Å². The van der Waals surface area contributed by atoms with E-state index in [1.807, 2.05) is 54.7 Å². The standard InChI is InChI=1S/C23H29N5O/c1-3-27(4-2)22(20-11-6-5-7-12-20)18-25-23(29)24-17-19-10-8-13-21(16-19)28-15-9-14-26-28/h5-16,22H,3-4,17-18H2,1-2H3,(H2,24,25,29). The third-order valence-electron chi connectivity index (χ3n) is 5.03. The fourth-order valence-electron chi connectivity index (χ4n) is 3.46. The number of hydrogen-bond acceptors (Lipinski definition) is 3. The summed E-state index contributed by atoms with van der Waals surface area (Å²) in [6, 6.07) is 20.2. The number of carbonyl (C=O) groups excluding carboxylic acids is 1. The van der Waals surface area contributed by atoms with E-state index in [1.165, 1.54) is 5.56 Å². The summed E-state index contributed by atoms with van der Waals surface area (Å²) >= 11 is 0. The van der Waals surface area contributed by atoms with Crippen molar-refractivity contribution in [2.24, 2.45) is 0 Å². The van der Waals surface area contributed by atoms with Gasteiger partial charge in [-0.1, -0.05) is 56.3 Å². The second-order valence-corrected chi connectivity index (χ2v) is 6.83. The van der Waals surface area contributed by atoms with E-state index >= 15 is 0 Å². The van der Waals surface area contributed by atoms with Gasteiger partial charge in [-0.15, -0.1) is 0 Å². The minimum Gasteiger partial charge on any atom is -0.336 e. The molecule has 152 valence electrons. The number of likely N-dealkylation sites (N-methyl/N-ethyl adjacent to an activating group) is 1. The molecule has 1 heterocycles. The van der Waals surface area contributed by atoms with Crippen molar-refractivity contribution in [2.75, 3.05) is 19.6 Å². The molecular formula is C23H29N5O. The number of hydrogen-bond donors (Lipinski definition) is 2. The molecule has 2 amide bonds. The van der Waals surface area contributed by atoms with Gasteiger partial charge >= 0.3 is 6.03 Å². The maximum absolute atomic E-state index is 12.4. The molecule has 0 bridgehead atoms. The number of benzene rings is 2. The van der Waals surface area contributed by atoms with Gasteiger partial charge in [0.1, 0.15) is 0 Å². The average molecular weight is 392 g/mol. The summed E-state index contributed by atoms with van der Waals surface area (Å²) < 4.78 is 1.80. The molecule has 3 rings (SSSR count). The van der Waals surface area contributed by atoms with E-state index in [4.69, 9.17) is 0 Å². The van der Waals surface area contributed by atoms with Crippen molar-refractivity contribution in [1.82, 2.24) is 25.3 Å². The zero-order chi connectivity index (χ0) is 20.5. The highest BCUT2D eigenvalue weighted by molar-refractivity contribution is 5.73. The van der Waals surface area contributed by atoms with Gasteiger partial charge in [-0.25, -0.2) is 9.48 Å².